The fourth-order valence-electron chi connectivity index (χ4n) is 2.88. The van der Waals surface area contributed by atoms with E-state index in [1.807, 2.05) is 13.8 Å². The van der Waals surface area contributed by atoms with Crippen molar-refractivity contribution in [3.05, 3.63) is 23.5 Å². The Morgan fingerprint density at radius 1 is 0.895 bits per heavy atom. The lowest BCUT2D eigenvalue weighted by molar-refractivity contribution is 0.279. The summed E-state index contributed by atoms with van der Waals surface area (Å²) in [7, 11) is 0. The zero-order valence-corrected chi connectivity index (χ0v) is 10.8. The minimum absolute atomic E-state index is 0.191. The fourth-order valence-corrected chi connectivity index (χ4v) is 2.88. The smallest absolute Gasteiger partial charge is 0.253 e. The van der Waals surface area contributed by atoms with Gasteiger partial charge in [-0.05, 0) is 31.1 Å². The van der Waals surface area contributed by atoms with Crippen LogP contribution in [0.15, 0.2) is 0 Å². The first-order valence-electron chi connectivity index (χ1n) is 6.35. The van der Waals surface area contributed by atoms with Gasteiger partial charge in [-0.25, -0.2) is 0 Å². The van der Waals surface area contributed by atoms with Gasteiger partial charge in [0.2, 0.25) is 11.6 Å². The van der Waals surface area contributed by atoms with Crippen LogP contribution in [0, 0.1) is 35.4 Å². The highest BCUT2D eigenvalue weighted by Crippen LogP contribution is 2.32. The molecule has 6 heteroatoms. The minimum Gasteiger partial charge on any atom is -0.377 e. The Morgan fingerprint density at radius 3 is 1.84 bits per heavy atom. The molecule has 2 unspecified atom stereocenters. The average Bonchev–Trinajstić information content (AvgIpc) is 2.31. The van der Waals surface area contributed by atoms with Crippen LogP contribution >= 0.6 is 0 Å². The molecule has 0 bridgehead atoms. The van der Waals surface area contributed by atoms with E-state index in [-0.39, 0.29) is 6.04 Å². The van der Waals surface area contributed by atoms with E-state index in [2.05, 4.69) is 10.3 Å². The van der Waals surface area contributed by atoms with Crippen LogP contribution in [-0.4, -0.2) is 11.0 Å². The van der Waals surface area contributed by atoms with Gasteiger partial charge in [-0.15, -0.1) is 0 Å². The molecule has 1 aliphatic carbocycles. The van der Waals surface area contributed by atoms with Crippen molar-refractivity contribution in [1.82, 2.24) is 4.98 Å². The maximum absolute atomic E-state index is 13.5. The zero-order chi connectivity index (χ0) is 14.2. The molecule has 1 N–H and O–H groups in total. The lowest BCUT2D eigenvalue weighted by Gasteiger charge is -2.32. The summed E-state index contributed by atoms with van der Waals surface area (Å²) in [5.41, 5.74) is -0.753. The predicted molar refractivity (Wildman–Crippen MR) is 63.7 cm³/mol. The van der Waals surface area contributed by atoms with Crippen molar-refractivity contribution in [2.24, 2.45) is 11.8 Å². The van der Waals surface area contributed by atoms with Crippen LogP contribution in [0.25, 0.3) is 0 Å². The molecule has 0 radical (unpaired) electrons. The van der Waals surface area contributed by atoms with Gasteiger partial charge in [-0.2, -0.15) is 22.5 Å². The number of anilines is 1. The number of hydrogen-bond acceptors (Lipinski definition) is 2. The van der Waals surface area contributed by atoms with Crippen LogP contribution < -0.4 is 5.32 Å². The number of aromatic nitrogens is 1. The fraction of sp³-hybridized carbons (Fsp3) is 0.615. The Hall–Kier alpha value is -1.33. The predicted octanol–water partition coefficient (Wildman–Crippen LogP) is 3.87. The van der Waals surface area contributed by atoms with E-state index < -0.39 is 29.2 Å². The van der Waals surface area contributed by atoms with Crippen LogP contribution in [0.1, 0.15) is 33.1 Å². The normalized spacial score (nSPS) is 27.4. The summed E-state index contributed by atoms with van der Waals surface area (Å²) in [6.07, 6.45) is 2.48. The Morgan fingerprint density at radius 2 is 1.37 bits per heavy atom. The van der Waals surface area contributed by atoms with Crippen molar-refractivity contribution in [1.29, 1.82) is 0 Å². The molecule has 0 aliphatic heterocycles. The monoisotopic (exact) mass is 276 g/mol. The molecule has 1 aromatic heterocycles. The SMILES string of the molecule is CC1CC(C)CC(Nc2c(F)c(F)nc(F)c2F)C1. The van der Waals surface area contributed by atoms with Gasteiger partial charge < -0.3 is 5.32 Å². The molecule has 1 aliphatic rings. The first-order valence-corrected chi connectivity index (χ1v) is 6.35. The largest absolute Gasteiger partial charge is 0.377 e. The van der Waals surface area contributed by atoms with Crippen molar-refractivity contribution in [2.45, 2.75) is 39.2 Å². The van der Waals surface area contributed by atoms with Crippen LogP contribution in [-0.2, 0) is 0 Å². The van der Waals surface area contributed by atoms with Crippen molar-refractivity contribution in [3.8, 4) is 0 Å². The summed E-state index contributed by atoms with van der Waals surface area (Å²) in [5, 5.41) is 2.59. The number of nitrogens with zero attached hydrogens (tertiary/aromatic N) is 1. The van der Waals surface area contributed by atoms with Gasteiger partial charge in [0.15, 0.2) is 0 Å². The van der Waals surface area contributed by atoms with Crippen LogP contribution in [0.5, 0.6) is 0 Å². The second-order valence-corrected chi connectivity index (χ2v) is 5.46. The van der Waals surface area contributed by atoms with Gasteiger partial charge >= 0.3 is 0 Å². The Kier molecular flexibility index (Phi) is 3.96. The van der Waals surface area contributed by atoms with Crippen molar-refractivity contribution in [3.63, 3.8) is 0 Å². The van der Waals surface area contributed by atoms with E-state index in [0.717, 1.165) is 19.3 Å². The summed E-state index contributed by atoms with van der Waals surface area (Å²) in [4.78, 5) is 2.53. The van der Waals surface area contributed by atoms with Crippen LogP contribution in [0.4, 0.5) is 23.2 Å². The second-order valence-electron chi connectivity index (χ2n) is 5.46. The third-order valence-corrected chi connectivity index (χ3v) is 3.52. The van der Waals surface area contributed by atoms with E-state index in [1.54, 1.807) is 0 Å². The van der Waals surface area contributed by atoms with Gasteiger partial charge in [0, 0.05) is 6.04 Å². The number of halogens is 4. The summed E-state index contributed by atoms with van der Waals surface area (Å²) >= 11 is 0. The standard InChI is InChI=1S/C13H16F4N2/c1-6-3-7(2)5-8(4-6)18-11-9(14)12(16)19-13(17)10(11)15/h6-8H,3-5H2,1-2H3,(H,18,19). The molecule has 1 saturated carbocycles. The Balaban J connectivity index is 2.23. The summed E-state index contributed by atoms with van der Waals surface area (Å²) in [5.74, 6) is -5.38. The van der Waals surface area contributed by atoms with Gasteiger partial charge in [-0.3, -0.25) is 0 Å². The molecule has 0 spiro atoms. The lowest BCUT2D eigenvalue weighted by Crippen LogP contribution is -2.31. The number of pyridine rings is 1. The molecule has 2 nitrogen and oxygen atoms in total. The zero-order valence-electron chi connectivity index (χ0n) is 10.8. The van der Waals surface area contributed by atoms with Gasteiger partial charge in [0.1, 0.15) is 5.69 Å². The molecule has 0 aromatic carbocycles. The topological polar surface area (TPSA) is 24.9 Å². The highest BCUT2D eigenvalue weighted by Gasteiger charge is 2.27. The molecule has 106 valence electrons. The molecular formula is C13H16F4N2. The first-order chi connectivity index (χ1) is 8.88. The molecule has 1 aromatic rings. The second kappa shape index (κ2) is 5.35. The number of nitrogens with one attached hydrogen (secondary N) is 1. The Labute approximate surface area is 109 Å². The molecule has 1 heterocycles. The minimum atomic E-state index is -1.63. The quantitative estimate of drug-likeness (QED) is 0.655. The molecule has 1 fully saturated rings. The van der Waals surface area contributed by atoms with E-state index in [1.165, 1.54) is 0 Å². The summed E-state index contributed by atoms with van der Waals surface area (Å²) in [6, 6.07) is -0.191. The third-order valence-electron chi connectivity index (χ3n) is 3.52. The van der Waals surface area contributed by atoms with Crippen molar-refractivity contribution < 1.29 is 17.6 Å². The average molecular weight is 276 g/mol. The van der Waals surface area contributed by atoms with E-state index in [4.69, 9.17) is 0 Å². The molecule has 2 rings (SSSR count). The number of rotatable bonds is 2. The van der Waals surface area contributed by atoms with Gasteiger partial charge in [-0.1, -0.05) is 13.8 Å². The number of hydrogen-bond donors (Lipinski definition) is 1. The van der Waals surface area contributed by atoms with E-state index in [0.29, 0.717) is 11.8 Å². The van der Waals surface area contributed by atoms with Gasteiger partial charge in [0.05, 0.1) is 0 Å². The van der Waals surface area contributed by atoms with Crippen LogP contribution in [0.3, 0.4) is 0 Å². The maximum atomic E-state index is 13.5. The molecular weight excluding hydrogens is 260 g/mol. The lowest BCUT2D eigenvalue weighted by atomic mass is 9.80. The molecule has 0 saturated heterocycles. The summed E-state index contributed by atoms with van der Waals surface area (Å²) in [6.45, 7) is 4.09. The van der Waals surface area contributed by atoms with E-state index >= 15 is 0 Å². The van der Waals surface area contributed by atoms with Gasteiger partial charge in [0.25, 0.3) is 11.9 Å². The van der Waals surface area contributed by atoms with Crippen molar-refractivity contribution >= 4 is 5.69 Å². The highest BCUT2D eigenvalue weighted by atomic mass is 19.2. The Bertz CT molecular complexity index is 442. The third kappa shape index (κ3) is 2.98. The van der Waals surface area contributed by atoms with Crippen LogP contribution in [0.2, 0.25) is 0 Å². The van der Waals surface area contributed by atoms with E-state index in [9.17, 15) is 17.6 Å². The summed E-state index contributed by atoms with van der Waals surface area (Å²) < 4.78 is 53.0. The highest BCUT2D eigenvalue weighted by molar-refractivity contribution is 5.46. The maximum Gasteiger partial charge on any atom is 0.253 e. The molecule has 0 amide bonds. The molecule has 19 heavy (non-hydrogen) atoms. The first kappa shape index (κ1) is 14.1. The molecule has 2 atom stereocenters. The van der Waals surface area contributed by atoms with Crippen molar-refractivity contribution in [2.75, 3.05) is 5.32 Å².